The van der Waals surface area contributed by atoms with E-state index in [9.17, 15) is 4.79 Å². The molecule has 2 rings (SSSR count). The molecule has 1 heterocycles. The van der Waals surface area contributed by atoms with Crippen LogP contribution in [-0.4, -0.2) is 32.8 Å². The van der Waals surface area contributed by atoms with Gasteiger partial charge in [-0.15, -0.1) is 0 Å². The molecule has 1 amide bonds. The van der Waals surface area contributed by atoms with Gasteiger partial charge in [-0.25, -0.2) is 0 Å². The number of ether oxygens (including phenoxy) is 2. The normalized spacial score (nSPS) is 16.8. The predicted molar refractivity (Wildman–Crippen MR) is 68.9 cm³/mol. The van der Waals surface area contributed by atoms with E-state index in [1.54, 1.807) is 25.3 Å². The lowest BCUT2D eigenvalue weighted by atomic mass is 9.88. The molecule has 1 aromatic carbocycles. The van der Waals surface area contributed by atoms with Crippen molar-refractivity contribution in [2.75, 3.05) is 32.2 Å². The summed E-state index contributed by atoms with van der Waals surface area (Å²) in [6.45, 7) is 4.41. The fraction of sp³-hybridized carbons (Fsp3) is 0.462. The molecule has 5 heteroatoms. The second kappa shape index (κ2) is 4.86. The molecule has 0 aliphatic carbocycles. The van der Waals surface area contributed by atoms with Crippen molar-refractivity contribution < 1.29 is 14.3 Å². The van der Waals surface area contributed by atoms with Crippen molar-refractivity contribution in [3.05, 3.63) is 23.8 Å². The van der Waals surface area contributed by atoms with Crippen molar-refractivity contribution in [2.45, 2.75) is 6.92 Å². The van der Waals surface area contributed by atoms with Gasteiger partial charge >= 0.3 is 0 Å². The van der Waals surface area contributed by atoms with Gasteiger partial charge in [0.15, 0.2) is 0 Å². The third kappa shape index (κ3) is 2.56. The third-order valence-electron chi connectivity index (χ3n) is 3.09. The van der Waals surface area contributed by atoms with Crippen LogP contribution in [0.2, 0.25) is 0 Å². The van der Waals surface area contributed by atoms with Gasteiger partial charge in [-0.2, -0.15) is 0 Å². The molecular formula is C13H18N2O3. The van der Waals surface area contributed by atoms with Crippen LogP contribution in [0.4, 0.5) is 5.69 Å². The van der Waals surface area contributed by atoms with Gasteiger partial charge in [0, 0.05) is 17.5 Å². The zero-order valence-electron chi connectivity index (χ0n) is 10.7. The Balaban J connectivity index is 2.13. The molecule has 0 saturated carbocycles. The topological polar surface area (TPSA) is 73.6 Å². The zero-order valence-corrected chi connectivity index (χ0v) is 10.7. The molecule has 0 unspecified atom stereocenters. The maximum Gasteiger partial charge on any atom is 0.248 e. The molecule has 3 N–H and O–H groups in total. The minimum absolute atomic E-state index is 0.147. The van der Waals surface area contributed by atoms with E-state index in [0.29, 0.717) is 11.3 Å². The molecule has 1 aromatic rings. The molecule has 0 atom stereocenters. The van der Waals surface area contributed by atoms with E-state index in [-0.39, 0.29) is 5.41 Å². The molecule has 1 saturated heterocycles. The number of benzene rings is 1. The summed E-state index contributed by atoms with van der Waals surface area (Å²) in [6, 6.07) is 5.10. The van der Waals surface area contributed by atoms with Gasteiger partial charge in [0.1, 0.15) is 5.75 Å². The Bertz CT molecular complexity index is 456. The fourth-order valence-electron chi connectivity index (χ4n) is 1.86. The van der Waals surface area contributed by atoms with Crippen LogP contribution in [0.3, 0.4) is 0 Å². The Morgan fingerprint density at radius 1 is 1.56 bits per heavy atom. The van der Waals surface area contributed by atoms with Crippen LogP contribution < -0.4 is 15.8 Å². The smallest absolute Gasteiger partial charge is 0.248 e. The number of rotatable bonds is 5. The van der Waals surface area contributed by atoms with Crippen LogP contribution in [0.1, 0.15) is 17.3 Å². The summed E-state index contributed by atoms with van der Waals surface area (Å²) >= 11 is 0. The van der Waals surface area contributed by atoms with Crippen LogP contribution in [0.15, 0.2) is 18.2 Å². The van der Waals surface area contributed by atoms with Crippen molar-refractivity contribution in [2.24, 2.45) is 11.1 Å². The van der Waals surface area contributed by atoms with Gasteiger partial charge in [0.05, 0.1) is 26.0 Å². The Kier molecular flexibility index (Phi) is 3.43. The number of amides is 1. The van der Waals surface area contributed by atoms with Crippen LogP contribution in [0.5, 0.6) is 5.75 Å². The number of carbonyl (C=O) groups excluding carboxylic acids is 1. The summed E-state index contributed by atoms with van der Waals surface area (Å²) in [5.74, 6) is 0.253. The van der Waals surface area contributed by atoms with E-state index >= 15 is 0 Å². The number of carbonyl (C=O) groups is 1. The van der Waals surface area contributed by atoms with Crippen LogP contribution >= 0.6 is 0 Å². The monoisotopic (exact) mass is 250 g/mol. The Morgan fingerprint density at radius 2 is 2.28 bits per heavy atom. The van der Waals surface area contributed by atoms with Gasteiger partial charge in [-0.1, -0.05) is 6.92 Å². The lowest BCUT2D eigenvalue weighted by molar-refractivity contribution is -0.0924. The standard InChI is InChI=1S/C13H18N2O3/c1-13(7-18-8-13)6-15-10-5-9(12(14)16)3-4-11(10)17-2/h3-5,15H,6-8H2,1-2H3,(H2,14,16). The van der Waals surface area contributed by atoms with Crippen LogP contribution in [0, 0.1) is 5.41 Å². The first-order valence-electron chi connectivity index (χ1n) is 5.83. The number of hydrogen-bond donors (Lipinski definition) is 2. The van der Waals surface area contributed by atoms with Crippen molar-refractivity contribution >= 4 is 11.6 Å². The molecule has 0 radical (unpaired) electrons. The second-order valence-electron chi connectivity index (χ2n) is 4.94. The highest BCUT2D eigenvalue weighted by Gasteiger charge is 2.33. The van der Waals surface area contributed by atoms with E-state index in [1.165, 1.54) is 0 Å². The number of methoxy groups -OCH3 is 1. The highest BCUT2D eigenvalue weighted by atomic mass is 16.5. The average molecular weight is 250 g/mol. The number of anilines is 1. The van der Waals surface area contributed by atoms with Gasteiger partial charge in [0.25, 0.3) is 0 Å². The summed E-state index contributed by atoms with van der Waals surface area (Å²) < 4.78 is 10.5. The Morgan fingerprint density at radius 3 is 2.78 bits per heavy atom. The third-order valence-corrected chi connectivity index (χ3v) is 3.09. The fourth-order valence-corrected chi connectivity index (χ4v) is 1.86. The second-order valence-corrected chi connectivity index (χ2v) is 4.94. The molecule has 98 valence electrons. The highest BCUT2D eigenvalue weighted by Crippen LogP contribution is 2.30. The van der Waals surface area contributed by atoms with E-state index < -0.39 is 5.91 Å². The Hall–Kier alpha value is -1.75. The lowest BCUT2D eigenvalue weighted by Crippen LogP contribution is -2.45. The highest BCUT2D eigenvalue weighted by molar-refractivity contribution is 5.94. The number of nitrogens with two attached hydrogens (primary N) is 1. The van der Waals surface area contributed by atoms with Crippen molar-refractivity contribution in [1.29, 1.82) is 0 Å². The van der Waals surface area contributed by atoms with E-state index in [4.69, 9.17) is 15.2 Å². The van der Waals surface area contributed by atoms with Gasteiger partial charge < -0.3 is 20.5 Å². The van der Waals surface area contributed by atoms with E-state index in [1.807, 2.05) is 0 Å². The summed E-state index contributed by atoms with van der Waals surface area (Å²) in [7, 11) is 1.60. The summed E-state index contributed by atoms with van der Waals surface area (Å²) in [5, 5.41) is 3.29. The van der Waals surface area contributed by atoms with Gasteiger partial charge in [-0.3, -0.25) is 4.79 Å². The van der Waals surface area contributed by atoms with E-state index in [2.05, 4.69) is 12.2 Å². The largest absolute Gasteiger partial charge is 0.495 e. The maximum absolute atomic E-state index is 11.2. The summed E-state index contributed by atoms with van der Waals surface area (Å²) in [6.07, 6.45) is 0. The van der Waals surface area contributed by atoms with E-state index in [0.717, 1.165) is 25.4 Å². The summed E-state index contributed by atoms with van der Waals surface area (Å²) in [4.78, 5) is 11.2. The molecule has 0 aromatic heterocycles. The quantitative estimate of drug-likeness (QED) is 0.824. The average Bonchev–Trinajstić information content (AvgIpc) is 2.33. The minimum Gasteiger partial charge on any atom is -0.495 e. The zero-order chi connectivity index (χ0) is 13.2. The first-order chi connectivity index (χ1) is 8.54. The molecule has 1 aliphatic rings. The number of primary amides is 1. The molecule has 0 spiro atoms. The Labute approximate surface area is 106 Å². The van der Waals surface area contributed by atoms with Crippen LogP contribution in [-0.2, 0) is 4.74 Å². The molecule has 1 fully saturated rings. The van der Waals surface area contributed by atoms with Gasteiger partial charge in [-0.05, 0) is 18.2 Å². The first-order valence-corrected chi connectivity index (χ1v) is 5.83. The molecule has 5 nitrogen and oxygen atoms in total. The SMILES string of the molecule is COc1ccc(C(N)=O)cc1NCC1(C)COC1. The molecular weight excluding hydrogens is 232 g/mol. The van der Waals surface area contributed by atoms with Crippen molar-refractivity contribution in [3.8, 4) is 5.75 Å². The number of nitrogens with one attached hydrogen (secondary N) is 1. The lowest BCUT2D eigenvalue weighted by Gasteiger charge is -2.38. The molecule has 18 heavy (non-hydrogen) atoms. The minimum atomic E-state index is -0.445. The maximum atomic E-state index is 11.2. The van der Waals surface area contributed by atoms with Crippen molar-refractivity contribution in [3.63, 3.8) is 0 Å². The first kappa shape index (κ1) is 12.7. The van der Waals surface area contributed by atoms with Crippen LogP contribution in [0.25, 0.3) is 0 Å². The number of hydrogen-bond acceptors (Lipinski definition) is 4. The van der Waals surface area contributed by atoms with Gasteiger partial charge in [0.2, 0.25) is 5.91 Å². The molecule has 0 bridgehead atoms. The predicted octanol–water partition coefficient (Wildman–Crippen LogP) is 1.24. The molecule has 1 aliphatic heterocycles. The summed E-state index contributed by atoms with van der Waals surface area (Å²) in [5.41, 5.74) is 6.66. The van der Waals surface area contributed by atoms with Crippen molar-refractivity contribution in [1.82, 2.24) is 0 Å².